The molecule has 0 saturated heterocycles. The molecule has 4 nitrogen and oxygen atoms in total. The van der Waals surface area contributed by atoms with Crippen LogP contribution in [0.25, 0.3) is 10.9 Å². The molecule has 1 aromatic carbocycles. The summed E-state index contributed by atoms with van der Waals surface area (Å²) in [4.78, 5) is 4.37. The van der Waals surface area contributed by atoms with Crippen molar-refractivity contribution in [2.45, 2.75) is 26.9 Å². The number of nitrogens with zero attached hydrogens (tertiary/aromatic N) is 2. The highest BCUT2D eigenvalue weighted by Crippen LogP contribution is 2.20. The molecule has 104 valence electrons. The van der Waals surface area contributed by atoms with Crippen molar-refractivity contribution in [1.29, 1.82) is 0 Å². The third kappa shape index (κ3) is 2.34. The molecule has 4 heteroatoms. The summed E-state index contributed by atoms with van der Waals surface area (Å²) in [6.07, 6.45) is 2.17. The van der Waals surface area contributed by atoms with E-state index in [4.69, 9.17) is 4.42 Å². The van der Waals surface area contributed by atoms with Gasteiger partial charge in [-0.3, -0.25) is 0 Å². The highest BCUT2D eigenvalue weighted by Gasteiger charge is 2.07. The van der Waals surface area contributed by atoms with Gasteiger partial charge in [-0.05, 0) is 25.5 Å². The summed E-state index contributed by atoms with van der Waals surface area (Å²) in [6, 6.07) is 8.44. The summed E-state index contributed by atoms with van der Waals surface area (Å²) in [5.41, 5.74) is 3.52. The zero-order valence-electron chi connectivity index (χ0n) is 12.1. The van der Waals surface area contributed by atoms with Gasteiger partial charge in [-0.25, -0.2) is 4.98 Å². The van der Waals surface area contributed by atoms with Gasteiger partial charge >= 0.3 is 0 Å². The van der Waals surface area contributed by atoms with E-state index in [2.05, 4.69) is 52.4 Å². The third-order valence-electron chi connectivity index (χ3n) is 3.64. The number of aryl methyl sites for hydroxylation is 3. The van der Waals surface area contributed by atoms with E-state index in [1.165, 1.54) is 16.5 Å². The monoisotopic (exact) mass is 269 g/mol. The average molecular weight is 269 g/mol. The summed E-state index contributed by atoms with van der Waals surface area (Å²) in [6.45, 7) is 5.36. The second kappa shape index (κ2) is 5.13. The van der Waals surface area contributed by atoms with Crippen LogP contribution in [-0.4, -0.2) is 9.55 Å². The second-order valence-electron chi connectivity index (χ2n) is 5.14. The van der Waals surface area contributed by atoms with E-state index >= 15 is 0 Å². The van der Waals surface area contributed by atoms with Gasteiger partial charge in [0.2, 0.25) is 5.89 Å². The van der Waals surface area contributed by atoms with Gasteiger partial charge in [0.1, 0.15) is 5.76 Å². The zero-order chi connectivity index (χ0) is 14.1. The fraction of sp³-hybridized carbons (Fsp3) is 0.312. The first-order valence-corrected chi connectivity index (χ1v) is 6.81. The first-order chi connectivity index (χ1) is 9.65. The molecule has 0 unspecified atom stereocenters. The number of nitrogens with one attached hydrogen (secondary N) is 1. The maximum Gasteiger partial charge on any atom is 0.208 e. The molecule has 0 radical (unpaired) electrons. The van der Waals surface area contributed by atoms with Crippen LogP contribution < -0.4 is 5.32 Å². The van der Waals surface area contributed by atoms with Crippen molar-refractivity contribution in [3.8, 4) is 0 Å². The molecule has 0 aliphatic rings. The largest absolute Gasteiger partial charge is 0.444 e. The lowest BCUT2D eigenvalue weighted by molar-refractivity contribution is 0.449. The highest BCUT2D eigenvalue weighted by molar-refractivity contribution is 5.83. The topological polar surface area (TPSA) is 43.0 Å². The summed E-state index contributed by atoms with van der Waals surface area (Å²) in [5.74, 6) is 1.65. The maximum atomic E-state index is 5.57. The van der Waals surface area contributed by atoms with Crippen molar-refractivity contribution >= 4 is 10.9 Å². The highest BCUT2D eigenvalue weighted by atomic mass is 16.4. The summed E-state index contributed by atoms with van der Waals surface area (Å²) < 4.78 is 7.72. The molecule has 0 bridgehead atoms. The number of hydrogen-bond acceptors (Lipinski definition) is 3. The van der Waals surface area contributed by atoms with Crippen molar-refractivity contribution in [3.05, 3.63) is 53.4 Å². The first kappa shape index (κ1) is 12.9. The van der Waals surface area contributed by atoms with Crippen molar-refractivity contribution in [3.63, 3.8) is 0 Å². The molecule has 0 spiro atoms. The predicted molar refractivity (Wildman–Crippen MR) is 79.4 cm³/mol. The number of para-hydroxylation sites is 1. The van der Waals surface area contributed by atoms with Crippen LogP contribution in [0.3, 0.4) is 0 Å². The zero-order valence-corrected chi connectivity index (χ0v) is 12.1. The second-order valence-corrected chi connectivity index (χ2v) is 5.14. The first-order valence-electron chi connectivity index (χ1n) is 6.81. The van der Waals surface area contributed by atoms with Gasteiger partial charge in [0.05, 0.1) is 12.2 Å². The Labute approximate surface area is 118 Å². The van der Waals surface area contributed by atoms with Crippen molar-refractivity contribution in [2.75, 3.05) is 0 Å². The average Bonchev–Trinajstić information content (AvgIpc) is 2.92. The number of aromatic nitrogens is 2. The SMILES string of the molecule is Cc1nc(CNCc2cn(C)c3ccccc23)oc1C. The molecule has 0 aliphatic heterocycles. The van der Waals surface area contributed by atoms with Gasteiger partial charge in [0, 0.05) is 30.7 Å². The van der Waals surface area contributed by atoms with Crippen LogP contribution in [0.2, 0.25) is 0 Å². The Morgan fingerprint density at radius 3 is 2.75 bits per heavy atom. The van der Waals surface area contributed by atoms with E-state index in [0.717, 1.165) is 23.9 Å². The number of benzene rings is 1. The van der Waals surface area contributed by atoms with Gasteiger partial charge < -0.3 is 14.3 Å². The van der Waals surface area contributed by atoms with E-state index in [1.807, 2.05) is 13.8 Å². The van der Waals surface area contributed by atoms with Crippen LogP contribution in [-0.2, 0) is 20.1 Å². The Morgan fingerprint density at radius 1 is 1.20 bits per heavy atom. The Bertz CT molecular complexity index is 720. The lowest BCUT2D eigenvalue weighted by Crippen LogP contribution is -2.12. The summed E-state index contributed by atoms with van der Waals surface area (Å²) in [5, 5.41) is 4.69. The molecule has 0 atom stereocenters. The maximum absolute atomic E-state index is 5.57. The lowest BCUT2D eigenvalue weighted by atomic mass is 10.2. The molecule has 0 fully saturated rings. The Morgan fingerprint density at radius 2 is 2.00 bits per heavy atom. The standard InChI is InChI=1S/C16H19N3O/c1-11-12(2)20-16(18-11)9-17-8-13-10-19(3)15-7-5-4-6-14(13)15/h4-7,10,17H,8-9H2,1-3H3. The van der Waals surface area contributed by atoms with Gasteiger partial charge in [-0.1, -0.05) is 18.2 Å². The minimum atomic E-state index is 0.651. The van der Waals surface area contributed by atoms with Crippen LogP contribution >= 0.6 is 0 Å². The van der Waals surface area contributed by atoms with Gasteiger partial charge in [0.15, 0.2) is 0 Å². The summed E-state index contributed by atoms with van der Waals surface area (Å²) in [7, 11) is 2.08. The molecular formula is C16H19N3O. The van der Waals surface area contributed by atoms with Crippen LogP contribution in [0, 0.1) is 13.8 Å². The molecule has 0 amide bonds. The molecule has 3 rings (SSSR count). The van der Waals surface area contributed by atoms with Crippen LogP contribution in [0.4, 0.5) is 0 Å². The number of fused-ring (bicyclic) bond motifs is 1. The van der Waals surface area contributed by atoms with Gasteiger partial charge in [-0.15, -0.1) is 0 Å². The Balaban J connectivity index is 1.71. The van der Waals surface area contributed by atoms with Crippen molar-refractivity contribution in [2.24, 2.45) is 7.05 Å². The lowest BCUT2D eigenvalue weighted by Gasteiger charge is -2.00. The smallest absolute Gasteiger partial charge is 0.208 e. The Hall–Kier alpha value is -2.07. The number of hydrogen-bond donors (Lipinski definition) is 1. The fourth-order valence-corrected chi connectivity index (χ4v) is 2.49. The normalized spacial score (nSPS) is 11.3. The molecule has 1 N–H and O–H groups in total. The van der Waals surface area contributed by atoms with Crippen molar-refractivity contribution < 1.29 is 4.42 Å². The molecule has 0 saturated carbocycles. The number of rotatable bonds is 4. The van der Waals surface area contributed by atoms with Crippen LogP contribution in [0.1, 0.15) is 22.9 Å². The van der Waals surface area contributed by atoms with E-state index < -0.39 is 0 Å². The van der Waals surface area contributed by atoms with E-state index in [9.17, 15) is 0 Å². The molecule has 20 heavy (non-hydrogen) atoms. The summed E-state index contributed by atoms with van der Waals surface area (Å²) >= 11 is 0. The molecule has 2 aromatic heterocycles. The van der Waals surface area contributed by atoms with E-state index in [1.54, 1.807) is 0 Å². The molecule has 3 aromatic rings. The van der Waals surface area contributed by atoms with Gasteiger partial charge in [-0.2, -0.15) is 0 Å². The molecule has 0 aliphatic carbocycles. The van der Waals surface area contributed by atoms with Crippen molar-refractivity contribution in [1.82, 2.24) is 14.9 Å². The van der Waals surface area contributed by atoms with E-state index in [0.29, 0.717) is 6.54 Å². The minimum Gasteiger partial charge on any atom is -0.444 e. The quantitative estimate of drug-likeness (QED) is 0.791. The number of oxazole rings is 1. The van der Waals surface area contributed by atoms with E-state index in [-0.39, 0.29) is 0 Å². The van der Waals surface area contributed by atoms with Gasteiger partial charge in [0.25, 0.3) is 0 Å². The predicted octanol–water partition coefficient (Wildman–Crippen LogP) is 3.07. The minimum absolute atomic E-state index is 0.651. The fourth-order valence-electron chi connectivity index (χ4n) is 2.49. The van der Waals surface area contributed by atoms with Crippen LogP contribution in [0.15, 0.2) is 34.9 Å². The third-order valence-corrected chi connectivity index (χ3v) is 3.64. The Kier molecular flexibility index (Phi) is 3.32. The molecule has 2 heterocycles. The van der Waals surface area contributed by atoms with Crippen LogP contribution in [0.5, 0.6) is 0 Å². The molecular weight excluding hydrogens is 250 g/mol.